The number of benzene rings is 3. The van der Waals surface area contributed by atoms with Crippen LogP contribution in [0.2, 0.25) is 0 Å². The standard InChI is InChI=1S/C33H33N5O9/c1-33(23-15-13-22(14-16-23)28(34)42)31(46)37(32(47)38(33)18-20-9-5-3-6-10-20)19-25(39)36(2)24(17-26(40)41)29(43)35-27(30(44)45)21-11-7-4-8-12-21/h3-16,24,27H,17-19H2,1-2H3,(H2,34,42)(H,35,43)(H,40,41)(H,44,45)/t24-,27-,33?/m0/s1. The summed E-state index contributed by atoms with van der Waals surface area (Å²) in [7, 11) is 1.13. The number of amides is 6. The van der Waals surface area contributed by atoms with Crippen molar-refractivity contribution in [3.05, 3.63) is 107 Å². The van der Waals surface area contributed by atoms with E-state index in [4.69, 9.17) is 5.73 Å². The van der Waals surface area contributed by atoms with Crippen molar-refractivity contribution < 1.29 is 43.8 Å². The van der Waals surface area contributed by atoms with Crippen molar-refractivity contribution in [1.82, 2.24) is 20.0 Å². The zero-order chi connectivity index (χ0) is 34.5. The number of urea groups is 1. The average molecular weight is 644 g/mol. The summed E-state index contributed by atoms with van der Waals surface area (Å²) in [6.45, 7) is 0.624. The monoisotopic (exact) mass is 643 g/mol. The second kappa shape index (κ2) is 13.9. The number of likely N-dealkylation sites (N-methyl/N-ethyl adjacent to an activating group) is 1. The molecule has 1 fully saturated rings. The van der Waals surface area contributed by atoms with Crippen LogP contribution in [-0.4, -0.2) is 86.1 Å². The van der Waals surface area contributed by atoms with Crippen molar-refractivity contribution in [1.29, 1.82) is 0 Å². The first-order valence-corrected chi connectivity index (χ1v) is 14.4. The van der Waals surface area contributed by atoms with E-state index in [1.807, 2.05) is 0 Å². The molecule has 3 atom stereocenters. The van der Waals surface area contributed by atoms with Crippen LogP contribution in [0.1, 0.15) is 46.4 Å². The number of carbonyl (C=O) groups excluding carboxylic acids is 5. The molecule has 3 aromatic rings. The van der Waals surface area contributed by atoms with Gasteiger partial charge in [-0.1, -0.05) is 72.8 Å². The number of carbonyl (C=O) groups is 7. The number of carboxylic acids is 2. The first-order chi connectivity index (χ1) is 22.2. The third-order valence-corrected chi connectivity index (χ3v) is 8.07. The van der Waals surface area contributed by atoms with Gasteiger partial charge in [0.1, 0.15) is 18.1 Å². The summed E-state index contributed by atoms with van der Waals surface area (Å²) in [5.41, 5.74) is 5.14. The summed E-state index contributed by atoms with van der Waals surface area (Å²) in [5, 5.41) is 21.5. The zero-order valence-corrected chi connectivity index (χ0v) is 25.5. The Morgan fingerprint density at radius 1 is 0.894 bits per heavy atom. The Bertz CT molecular complexity index is 1700. The first kappa shape index (κ1) is 33.8. The van der Waals surface area contributed by atoms with Gasteiger partial charge >= 0.3 is 18.0 Å². The number of aliphatic carboxylic acids is 2. The number of rotatable bonds is 13. The Kier molecular flexibility index (Phi) is 10.0. The Balaban J connectivity index is 1.62. The maximum Gasteiger partial charge on any atom is 0.330 e. The van der Waals surface area contributed by atoms with Crippen LogP contribution in [0.4, 0.5) is 4.79 Å². The van der Waals surface area contributed by atoms with E-state index in [1.165, 1.54) is 48.2 Å². The Hall–Kier alpha value is -6.05. The highest BCUT2D eigenvalue weighted by atomic mass is 16.4. The maximum absolute atomic E-state index is 14.0. The number of hydrogen-bond acceptors (Lipinski definition) is 7. The third kappa shape index (κ3) is 7.11. The number of primary amides is 1. The molecule has 1 aliphatic heterocycles. The van der Waals surface area contributed by atoms with Crippen LogP contribution in [-0.2, 0) is 36.1 Å². The van der Waals surface area contributed by atoms with E-state index in [9.17, 15) is 43.8 Å². The summed E-state index contributed by atoms with van der Waals surface area (Å²) in [6.07, 6.45) is -0.888. The van der Waals surface area contributed by atoms with Crippen molar-refractivity contribution in [2.24, 2.45) is 5.73 Å². The quantitative estimate of drug-likeness (QED) is 0.200. The largest absolute Gasteiger partial charge is 0.481 e. The minimum absolute atomic E-state index is 0.0277. The van der Waals surface area contributed by atoms with Gasteiger partial charge in [-0.3, -0.25) is 28.9 Å². The van der Waals surface area contributed by atoms with Crippen LogP contribution in [0, 0.1) is 0 Å². The van der Waals surface area contributed by atoms with Gasteiger partial charge in [0.05, 0.1) is 6.42 Å². The minimum atomic E-state index is -1.69. The minimum Gasteiger partial charge on any atom is -0.481 e. The van der Waals surface area contributed by atoms with E-state index in [0.29, 0.717) is 16.0 Å². The summed E-state index contributed by atoms with van der Waals surface area (Å²) in [6, 6.07) is 18.2. The molecule has 0 spiro atoms. The molecule has 0 aliphatic carbocycles. The van der Waals surface area contributed by atoms with Crippen LogP contribution in [0.3, 0.4) is 0 Å². The Morgan fingerprint density at radius 2 is 1.47 bits per heavy atom. The maximum atomic E-state index is 14.0. The second-order valence-electron chi connectivity index (χ2n) is 11.1. The summed E-state index contributed by atoms with van der Waals surface area (Å²) >= 11 is 0. The SMILES string of the molecule is CN(C(=O)CN1C(=O)N(Cc2ccccc2)C(C)(c2ccc(C(N)=O)cc2)C1=O)[C@@H](CC(=O)O)C(=O)N[C@H](C(=O)O)c1ccccc1. The molecule has 1 heterocycles. The van der Waals surface area contributed by atoms with Crippen LogP contribution >= 0.6 is 0 Å². The van der Waals surface area contributed by atoms with E-state index < -0.39 is 72.2 Å². The topological polar surface area (TPSA) is 208 Å². The fourth-order valence-corrected chi connectivity index (χ4v) is 5.33. The second-order valence-corrected chi connectivity index (χ2v) is 11.1. The number of nitrogens with zero attached hydrogens (tertiary/aromatic N) is 3. The molecule has 5 N–H and O–H groups in total. The third-order valence-electron chi connectivity index (χ3n) is 8.07. The van der Waals surface area contributed by atoms with Gasteiger partial charge in [0.2, 0.25) is 17.7 Å². The highest BCUT2D eigenvalue weighted by Crippen LogP contribution is 2.38. The highest BCUT2D eigenvalue weighted by molar-refractivity contribution is 6.09. The van der Waals surface area contributed by atoms with Crippen LogP contribution in [0.25, 0.3) is 0 Å². The summed E-state index contributed by atoms with van der Waals surface area (Å²) < 4.78 is 0. The normalized spacial score (nSPS) is 17.1. The van der Waals surface area contributed by atoms with Crippen molar-refractivity contribution in [2.75, 3.05) is 13.6 Å². The smallest absolute Gasteiger partial charge is 0.330 e. The van der Waals surface area contributed by atoms with Gasteiger partial charge in [0.25, 0.3) is 5.91 Å². The molecule has 0 radical (unpaired) electrons. The van der Waals surface area contributed by atoms with Crippen LogP contribution in [0.5, 0.6) is 0 Å². The van der Waals surface area contributed by atoms with E-state index in [1.54, 1.807) is 48.5 Å². The van der Waals surface area contributed by atoms with Gasteiger partial charge in [0.15, 0.2) is 6.04 Å². The molecule has 47 heavy (non-hydrogen) atoms. The number of nitrogens with two attached hydrogens (primary N) is 1. The molecule has 1 aliphatic rings. The van der Waals surface area contributed by atoms with E-state index >= 15 is 0 Å². The van der Waals surface area contributed by atoms with Gasteiger partial charge in [-0.05, 0) is 35.7 Å². The van der Waals surface area contributed by atoms with Crippen molar-refractivity contribution in [2.45, 2.75) is 37.5 Å². The molecule has 1 unspecified atom stereocenters. The van der Waals surface area contributed by atoms with Crippen molar-refractivity contribution >= 4 is 41.6 Å². The Morgan fingerprint density at radius 3 is 2.00 bits per heavy atom. The van der Waals surface area contributed by atoms with Gasteiger partial charge in [-0.15, -0.1) is 0 Å². The fraction of sp³-hybridized carbons (Fsp3) is 0.242. The molecule has 3 aromatic carbocycles. The molecule has 14 nitrogen and oxygen atoms in total. The number of carboxylic acid groups (broad SMARTS) is 2. The lowest BCUT2D eigenvalue weighted by Crippen LogP contribution is -2.53. The van der Waals surface area contributed by atoms with Crippen LogP contribution < -0.4 is 11.1 Å². The van der Waals surface area contributed by atoms with E-state index in [2.05, 4.69) is 5.32 Å². The molecule has 4 rings (SSSR count). The van der Waals surface area contributed by atoms with Gasteiger partial charge in [-0.25, -0.2) is 9.59 Å². The molecule has 0 aromatic heterocycles. The molecular formula is C33H33N5O9. The molecule has 0 saturated carbocycles. The van der Waals surface area contributed by atoms with Crippen LogP contribution in [0.15, 0.2) is 84.9 Å². The number of imide groups is 1. The molecular weight excluding hydrogens is 610 g/mol. The lowest BCUT2D eigenvalue weighted by Gasteiger charge is -2.32. The highest BCUT2D eigenvalue weighted by Gasteiger charge is 2.56. The van der Waals surface area contributed by atoms with Gasteiger partial charge in [-0.2, -0.15) is 0 Å². The lowest BCUT2D eigenvalue weighted by atomic mass is 9.89. The first-order valence-electron chi connectivity index (χ1n) is 14.4. The van der Waals surface area contributed by atoms with Gasteiger partial charge < -0.3 is 31.1 Å². The predicted molar refractivity (Wildman–Crippen MR) is 165 cm³/mol. The summed E-state index contributed by atoms with van der Waals surface area (Å²) in [4.78, 5) is 92.8. The average Bonchev–Trinajstić information content (AvgIpc) is 3.23. The van der Waals surface area contributed by atoms with E-state index in [-0.39, 0.29) is 17.7 Å². The molecule has 1 saturated heterocycles. The van der Waals surface area contributed by atoms with E-state index in [0.717, 1.165) is 11.9 Å². The van der Waals surface area contributed by atoms with Crippen molar-refractivity contribution in [3.8, 4) is 0 Å². The molecule has 14 heteroatoms. The zero-order valence-electron chi connectivity index (χ0n) is 25.5. The fourth-order valence-electron chi connectivity index (χ4n) is 5.33. The molecule has 0 bridgehead atoms. The predicted octanol–water partition coefficient (Wildman–Crippen LogP) is 1.71. The van der Waals surface area contributed by atoms with Gasteiger partial charge in [0, 0.05) is 19.2 Å². The summed E-state index contributed by atoms with van der Waals surface area (Å²) in [5.74, 6) is -6.35. The van der Waals surface area contributed by atoms with Crippen molar-refractivity contribution in [3.63, 3.8) is 0 Å². The number of hydrogen-bond donors (Lipinski definition) is 4. The molecule has 244 valence electrons. The molecule has 6 amide bonds. The Labute approximate surface area is 269 Å². The number of nitrogens with one attached hydrogen (secondary N) is 1. The lowest BCUT2D eigenvalue weighted by molar-refractivity contribution is -0.148.